The number of aryl methyl sites for hydroxylation is 1. The summed E-state index contributed by atoms with van der Waals surface area (Å²) in [5.41, 5.74) is 3.14. The van der Waals surface area contributed by atoms with Crippen LogP contribution in [0.5, 0.6) is 17.2 Å². The molecule has 0 bridgehead atoms. The Balaban J connectivity index is 1.80. The molecule has 0 spiro atoms. The second-order valence-electron chi connectivity index (χ2n) is 7.71. The van der Waals surface area contributed by atoms with Crippen LogP contribution in [0.15, 0.2) is 72.4 Å². The van der Waals surface area contributed by atoms with Crippen molar-refractivity contribution in [3.8, 4) is 17.2 Å². The van der Waals surface area contributed by atoms with Gasteiger partial charge in [-0.15, -0.1) is 0 Å². The van der Waals surface area contributed by atoms with Crippen molar-refractivity contribution in [1.82, 2.24) is 0 Å². The third-order valence-electron chi connectivity index (χ3n) is 5.45. The Morgan fingerprint density at radius 2 is 1.41 bits per heavy atom. The summed E-state index contributed by atoms with van der Waals surface area (Å²) in [6, 6.07) is 19.6. The molecular formula is C27H26N2O5. The highest BCUT2D eigenvalue weighted by atomic mass is 16.5. The topological polar surface area (TPSA) is 77.1 Å². The van der Waals surface area contributed by atoms with Gasteiger partial charge < -0.3 is 19.5 Å². The summed E-state index contributed by atoms with van der Waals surface area (Å²) in [6.07, 6.45) is 0. The Kier molecular flexibility index (Phi) is 6.54. The van der Waals surface area contributed by atoms with Crippen LogP contribution in [0, 0.1) is 6.92 Å². The van der Waals surface area contributed by atoms with Gasteiger partial charge in [0, 0.05) is 23.9 Å². The molecule has 7 heteroatoms. The highest BCUT2D eigenvalue weighted by molar-refractivity contribution is 6.46. The fourth-order valence-corrected chi connectivity index (χ4v) is 3.75. The van der Waals surface area contributed by atoms with Gasteiger partial charge in [0.2, 0.25) is 0 Å². The van der Waals surface area contributed by atoms with Crippen LogP contribution in [0.2, 0.25) is 0 Å². The van der Waals surface area contributed by atoms with E-state index < -0.39 is 11.8 Å². The van der Waals surface area contributed by atoms with Crippen molar-refractivity contribution in [3.05, 3.63) is 83.6 Å². The first-order valence-electron chi connectivity index (χ1n) is 10.9. The molecule has 4 rings (SSSR count). The van der Waals surface area contributed by atoms with Crippen LogP contribution in [0.4, 0.5) is 11.4 Å². The van der Waals surface area contributed by atoms with Crippen molar-refractivity contribution in [2.24, 2.45) is 0 Å². The molecule has 1 aliphatic rings. The first-order chi connectivity index (χ1) is 16.4. The minimum Gasteiger partial charge on any atom is -0.497 e. The molecule has 0 fully saturated rings. The van der Waals surface area contributed by atoms with Crippen LogP contribution in [0.3, 0.4) is 0 Å². The molecule has 1 heterocycles. The number of hydrogen-bond acceptors (Lipinski definition) is 6. The normalized spacial score (nSPS) is 13.4. The third kappa shape index (κ3) is 4.45. The van der Waals surface area contributed by atoms with Gasteiger partial charge in [-0.1, -0.05) is 29.8 Å². The number of ether oxygens (including phenoxy) is 3. The van der Waals surface area contributed by atoms with Crippen LogP contribution in [0.25, 0.3) is 5.57 Å². The molecule has 174 valence electrons. The number of carbonyl (C=O) groups is 2. The average Bonchev–Trinajstić information content (AvgIpc) is 3.09. The van der Waals surface area contributed by atoms with Crippen molar-refractivity contribution >= 4 is 28.8 Å². The summed E-state index contributed by atoms with van der Waals surface area (Å²) in [6.45, 7) is 4.38. The van der Waals surface area contributed by atoms with E-state index in [1.54, 1.807) is 68.8 Å². The maximum Gasteiger partial charge on any atom is 0.282 e. The number of amides is 2. The van der Waals surface area contributed by atoms with E-state index in [2.05, 4.69) is 5.32 Å². The maximum absolute atomic E-state index is 13.6. The van der Waals surface area contributed by atoms with E-state index in [1.165, 1.54) is 4.90 Å². The summed E-state index contributed by atoms with van der Waals surface area (Å²) in [5.74, 6) is 0.940. The molecule has 0 aliphatic carbocycles. The molecule has 3 aromatic rings. The molecule has 0 unspecified atom stereocenters. The largest absolute Gasteiger partial charge is 0.497 e. The van der Waals surface area contributed by atoms with E-state index in [0.29, 0.717) is 40.8 Å². The van der Waals surface area contributed by atoms with Crippen LogP contribution < -0.4 is 24.4 Å². The quantitative estimate of drug-likeness (QED) is 0.489. The summed E-state index contributed by atoms with van der Waals surface area (Å²) < 4.78 is 16.2. The van der Waals surface area contributed by atoms with Crippen LogP contribution in [-0.4, -0.2) is 32.6 Å². The number of nitrogens with one attached hydrogen (secondary N) is 1. The van der Waals surface area contributed by atoms with Gasteiger partial charge in [-0.3, -0.25) is 9.59 Å². The maximum atomic E-state index is 13.6. The smallest absolute Gasteiger partial charge is 0.282 e. The Bertz CT molecular complexity index is 1220. The fourth-order valence-electron chi connectivity index (χ4n) is 3.75. The third-order valence-corrected chi connectivity index (χ3v) is 5.45. The van der Waals surface area contributed by atoms with Gasteiger partial charge in [-0.25, -0.2) is 4.90 Å². The zero-order valence-electron chi connectivity index (χ0n) is 19.5. The molecule has 34 heavy (non-hydrogen) atoms. The SMILES string of the molecule is CCOc1ccc(C2=C(Nc3cc(OC)cc(OC)c3)C(=O)N(c3ccc(C)cc3)C2=O)cc1. The van der Waals surface area contributed by atoms with Gasteiger partial charge in [0.1, 0.15) is 22.9 Å². The number of anilines is 2. The summed E-state index contributed by atoms with van der Waals surface area (Å²) in [4.78, 5) is 28.3. The van der Waals surface area contributed by atoms with E-state index in [4.69, 9.17) is 14.2 Å². The summed E-state index contributed by atoms with van der Waals surface area (Å²) >= 11 is 0. The van der Waals surface area contributed by atoms with Crippen molar-refractivity contribution < 1.29 is 23.8 Å². The predicted molar refractivity (Wildman–Crippen MR) is 131 cm³/mol. The van der Waals surface area contributed by atoms with Crippen molar-refractivity contribution in [3.63, 3.8) is 0 Å². The van der Waals surface area contributed by atoms with Crippen LogP contribution in [0.1, 0.15) is 18.1 Å². The molecule has 1 N–H and O–H groups in total. The Morgan fingerprint density at radius 1 is 0.794 bits per heavy atom. The Morgan fingerprint density at radius 3 is 1.97 bits per heavy atom. The van der Waals surface area contributed by atoms with Gasteiger partial charge in [-0.05, 0) is 43.7 Å². The number of carbonyl (C=O) groups excluding carboxylic acids is 2. The molecular weight excluding hydrogens is 432 g/mol. The highest BCUT2D eigenvalue weighted by Crippen LogP contribution is 2.36. The Hall–Kier alpha value is -4.26. The van der Waals surface area contributed by atoms with Gasteiger partial charge in [-0.2, -0.15) is 0 Å². The molecule has 2 amide bonds. The van der Waals surface area contributed by atoms with E-state index in [9.17, 15) is 9.59 Å². The first kappa shape index (κ1) is 22.9. The zero-order valence-corrected chi connectivity index (χ0v) is 19.5. The highest BCUT2D eigenvalue weighted by Gasteiger charge is 2.40. The van der Waals surface area contributed by atoms with Gasteiger partial charge in [0.25, 0.3) is 11.8 Å². The zero-order chi connectivity index (χ0) is 24.2. The number of imide groups is 1. The monoisotopic (exact) mass is 458 g/mol. The molecule has 0 aromatic heterocycles. The molecule has 0 saturated carbocycles. The number of hydrogen-bond donors (Lipinski definition) is 1. The average molecular weight is 459 g/mol. The van der Waals surface area contributed by atoms with Crippen LogP contribution in [-0.2, 0) is 9.59 Å². The molecule has 3 aromatic carbocycles. The lowest BCUT2D eigenvalue weighted by Crippen LogP contribution is -2.32. The lowest BCUT2D eigenvalue weighted by atomic mass is 10.0. The number of methoxy groups -OCH3 is 2. The van der Waals surface area contributed by atoms with E-state index in [-0.39, 0.29) is 11.3 Å². The predicted octanol–water partition coefficient (Wildman–Crippen LogP) is 4.81. The molecule has 0 radical (unpaired) electrons. The minimum absolute atomic E-state index is 0.171. The van der Waals surface area contributed by atoms with Crippen LogP contribution >= 0.6 is 0 Å². The first-order valence-corrected chi connectivity index (χ1v) is 10.9. The van der Waals surface area contributed by atoms with Crippen molar-refractivity contribution in [2.45, 2.75) is 13.8 Å². The molecule has 1 aliphatic heterocycles. The number of rotatable bonds is 8. The van der Waals surface area contributed by atoms with E-state index in [0.717, 1.165) is 5.56 Å². The lowest BCUT2D eigenvalue weighted by molar-refractivity contribution is -0.120. The number of benzene rings is 3. The van der Waals surface area contributed by atoms with Gasteiger partial charge in [0.05, 0.1) is 32.1 Å². The van der Waals surface area contributed by atoms with E-state index >= 15 is 0 Å². The Labute approximate surface area is 198 Å². The lowest BCUT2D eigenvalue weighted by Gasteiger charge is -2.16. The second kappa shape index (κ2) is 9.70. The van der Waals surface area contributed by atoms with Crippen molar-refractivity contribution in [1.29, 1.82) is 0 Å². The number of nitrogens with zero attached hydrogens (tertiary/aromatic N) is 1. The molecule has 0 saturated heterocycles. The second-order valence-corrected chi connectivity index (χ2v) is 7.71. The molecule has 7 nitrogen and oxygen atoms in total. The summed E-state index contributed by atoms with van der Waals surface area (Å²) in [7, 11) is 3.10. The van der Waals surface area contributed by atoms with E-state index in [1.807, 2.05) is 26.0 Å². The molecule has 0 atom stereocenters. The van der Waals surface area contributed by atoms with Gasteiger partial charge in [0.15, 0.2) is 0 Å². The summed E-state index contributed by atoms with van der Waals surface area (Å²) in [5, 5.41) is 3.15. The van der Waals surface area contributed by atoms with Gasteiger partial charge >= 0.3 is 0 Å². The fraction of sp³-hybridized carbons (Fsp3) is 0.185. The standard InChI is InChI=1S/C27H26N2O5/c1-5-34-21-12-8-18(9-13-21)24-25(28-19-14-22(32-3)16-23(15-19)33-4)27(31)29(26(24)30)20-10-6-17(2)7-11-20/h6-16,28H,5H2,1-4H3. The van der Waals surface area contributed by atoms with Crippen molar-refractivity contribution in [2.75, 3.05) is 31.0 Å². The minimum atomic E-state index is -0.445.